The molecule has 0 bridgehead atoms. The Morgan fingerprint density at radius 1 is 1.58 bits per heavy atom. The van der Waals surface area contributed by atoms with E-state index in [0.717, 1.165) is 25.9 Å². The molecule has 1 atom stereocenters. The van der Waals surface area contributed by atoms with Gasteiger partial charge in [-0.25, -0.2) is 0 Å². The number of nitrogens with one attached hydrogen (secondary N) is 2. The highest BCUT2D eigenvalue weighted by Crippen LogP contribution is 2.01. The minimum atomic E-state index is -0.889. The topological polar surface area (TPSA) is 61.4 Å². The average molecular weight is 172 g/mol. The van der Waals surface area contributed by atoms with E-state index in [1.807, 2.05) is 0 Å². The van der Waals surface area contributed by atoms with Crippen molar-refractivity contribution in [3.8, 4) is 0 Å². The van der Waals surface area contributed by atoms with Gasteiger partial charge in [-0.1, -0.05) is 0 Å². The van der Waals surface area contributed by atoms with Gasteiger partial charge in [-0.2, -0.15) is 0 Å². The minimum Gasteiger partial charge on any atom is -0.384 e. The van der Waals surface area contributed by atoms with Crippen molar-refractivity contribution >= 4 is 5.91 Å². The molecule has 0 aromatic carbocycles. The van der Waals surface area contributed by atoms with Crippen LogP contribution in [0.4, 0.5) is 0 Å². The van der Waals surface area contributed by atoms with Gasteiger partial charge >= 0.3 is 0 Å². The summed E-state index contributed by atoms with van der Waals surface area (Å²) in [7, 11) is 0. The third-order valence-electron chi connectivity index (χ3n) is 2.06. The third kappa shape index (κ3) is 2.79. The van der Waals surface area contributed by atoms with Crippen LogP contribution in [0, 0.1) is 0 Å². The van der Waals surface area contributed by atoms with Crippen molar-refractivity contribution in [2.24, 2.45) is 0 Å². The number of amides is 1. The summed E-state index contributed by atoms with van der Waals surface area (Å²) >= 11 is 0. The largest absolute Gasteiger partial charge is 0.384 e. The van der Waals surface area contributed by atoms with Crippen molar-refractivity contribution in [3.63, 3.8) is 0 Å². The highest BCUT2D eigenvalue weighted by atomic mass is 16.3. The maximum atomic E-state index is 11.0. The van der Waals surface area contributed by atoms with E-state index in [9.17, 15) is 4.79 Å². The number of carbonyl (C=O) groups excluding carboxylic acids is 1. The summed E-state index contributed by atoms with van der Waals surface area (Å²) in [5.41, 5.74) is 0. The molecule has 1 aliphatic heterocycles. The number of aliphatic hydroxyl groups is 1. The Kier molecular flexibility index (Phi) is 3.49. The van der Waals surface area contributed by atoms with Gasteiger partial charge in [-0.3, -0.25) is 4.79 Å². The van der Waals surface area contributed by atoms with Crippen LogP contribution in [0.3, 0.4) is 0 Å². The lowest BCUT2D eigenvalue weighted by Crippen LogP contribution is -2.45. The minimum absolute atomic E-state index is 0.244. The number of hydrogen-bond donors (Lipinski definition) is 3. The van der Waals surface area contributed by atoms with Crippen molar-refractivity contribution in [1.82, 2.24) is 10.6 Å². The summed E-state index contributed by atoms with van der Waals surface area (Å²) < 4.78 is 0. The molecule has 1 saturated heterocycles. The molecule has 0 radical (unpaired) electrons. The zero-order chi connectivity index (χ0) is 8.97. The number of hydrogen-bond acceptors (Lipinski definition) is 3. The van der Waals surface area contributed by atoms with Gasteiger partial charge < -0.3 is 15.7 Å². The van der Waals surface area contributed by atoms with Crippen LogP contribution in [0.2, 0.25) is 0 Å². The molecule has 0 spiro atoms. The van der Waals surface area contributed by atoms with Crippen LogP contribution in [0.1, 0.15) is 19.8 Å². The van der Waals surface area contributed by atoms with Crippen LogP contribution in [0.25, 0.3) is 0 Å². The molecule has 1 amide bonds. The first kappa shape index (κ1) is 9.48. The van der Waals surface area contributed by atoms with Crippen molar-refractivity contribution in [2.45, 2.75) is 31.9 Å². The Morgan fingerprint density at radius 3 is 2.67 bits per heavy atom. The van der Waals surface area contributed by atoms with Crippen LogP contribution in [0.15, 0.2) is 0 Å². The second-order valence-electron chi connectivity index (χ2n) is 3.21. The van der Waals surface area contributed by atoms with E-state index >= 15 is 0 Å². The Bertz CT molecular complexity index is 153. The molecule has 12 heavy (non-hydrogen) atoms. The second-order valence-corrected chi connectivity index (χ2v) is 3.21. The molecule has 0 saturated carbocycles. The summed E-state index contributed by atoms with van der Waals surface area (Å²) in [5, 5.41) is 14.9. The summed E-state index contributed by atoms with van der Waals surface area (Å²) in [6.45, 7) is 3.38. The first-order chi connectivity index (χ1) is 5.70. The number of aliphatic hydroxyl groups excluding tert-OH is 1. The maximum absolute atomic E-state index is 11.0. The Balaban J connectivity index is 2.24. The van der Waals surface area contributed by atoms with Gasteiger partial charge in [0.25, 0.3) is 0 Å². The van der Waals surface area contributed by atoms with Gasteiger partial charge in [0.1, 0.15) is 6.10 Å². The van der Waals surface area contributed by atoms with E-state index in [1.165, 1.54) is 6.92 Å². The zero-order valence-corrected chi connectivity index (χ0v) is 7.34. The highest BCUT2D eigenvalue weighted by molar-refractivity contribution is 5.80. The van der Waals surface area contributed by atoms with E-state index in [4.69, 9.17) is 5.11 Å². The quantitative estimate of drug-likeness (QED) is 0.513. The summed E-state index contributed by atoms with van der Waals surface area (Å²) in [6.07, 6.45) is 1.02. The number of carbonyl (C=O) groups is 1. The summed E-state index contributed by atoms with van der Waals surface area (Å²) in [4.78, 5) is 11.0. The summed E-state index contributed by atoms with van der Waals surface area (Å²) in [6, 6.07) is 0.244. The van der Waals surface area contributed by atoms with Gasteiger partial charge in [0, 0.05) is 6.04 Å². The Hall–Kier alpha value is -0.610. The highest BCUT2D eigenvalue weighted by Gasteiger charge is 2.17. The van der Waals surface area contributed by atoms with Crippen molar-refractivity contribution < 1.29 is 9.90 Å². The molecule has 70 valence electrons. The smallest absolute Gasteiger partial charge is 0.248 e. The molecule has 4 heteroatoms. The van der Waals surface area contributed by atoms with Crippen LogP contribution in [-0.4, -0.2) is 36.2 Å². The molecular formula is C8H16N2O2. The lowest BCUT2D eigenvalue weighted by atomic mass is 10.1. The molecule has 1 fully saturated rings. The Labute approximate surface area is 72.3 Å². The monoisotopic (exact) mass is 172 g/mol. The first-order valence-electron chi connectivity index (χ1n) is 4.39. The molecule has 1 rings (SSSR count). The molecule has 4 nitrogen and oxygen atoms in total. The predicted octanol–water partition coefficient (Wildman–Crippen LogP) is -0.765. The molecule has 1 unspecified atom stereocenters. The normalized spacial score (nSPS) is 21.8. The maximum Gasteiger partial charge on any atom is 0.248 e. The van der Waals surface area contributed by atoms with E-state index in [1.54, 1.807) is 0 Å². The van der Waals surface area contributed by atoms with Crippen LogP contribution in [0.5, 0.6) is 0 Å². The molecule has 1 aliphatic rings. The molecule has 0 aliphatic carbocycles. The van der Waals surface area contributed by atoms with E-state index in [2.05, 4.69) is 10.6 Å². The first-order valence-corrected chi connectivity index (χ1v) is 4.39. The fourth-order valence-electron chi connectivity index (χ4n) is 1.29. The van der Waals surface area contributed by atoms with Gasteiger partial charge in [0.05, 0.1) is 0 Å². The third-order valence-corrected chi connectivity index (χ3v) is 2.06. The Morgan fingerprint density at radius 2 is 2.17 bits per heavy atom. The molecule has 0 aromatic rings. The molecule has 0 aromatic heterocycles. The molecular weight excluding hydrogens is 156 g/mol. The van der Waals surface area contributed by atoms with E-state index < -0.39 is 6.10 Å². The van der Waals surface area contributed by atoms with Gasteiger partial charge in [-0.15, -0.1) is 0 Å². The lowest BCUT2D eigenvalue weighted by molar-refractivity contribution is -0.129. The van der Waals surface area contributed by atoms with Gasteiger partial charge in [-0.05, 0) is 32.9 Å². The van der Waals surface area contributed by atoms with Crippen LogP contribution < -0.4 is 10.6 Å². The van der Waals surface area contributed by atoms with Crippen molar-refractivity contribution in [1.29, 1.82) is 0 Å². The fourth-order valence-corrected chi connectivity index (χ4v) is 1.29. The van der Waals surface area contributed by atoms with Crippen molar-refractivity contribution in [2.75, 3.05) is 13.1 Å². The SMILES string of the molecule is CC(O)C(=O)NC1CCNCC1. The molecule has 3 N–H and O–H groups in total. The van der Waals surface area contributed by atoms with Gasteiger partial charge in [0.2, 0.25) is 5.91 Å². The molecule has 1 heterocycles. The number of rotatable bonds is 2. The van der Waals surface area contributed by atoms with Crippen LogP contribution in [-0.2, 0) is 4.79 Å². The van der Waals surface area contributed by atoms with Crippen molar-refractivity contribution in [3.05, 3.63) is 0 Å². The van der Waals surface area contributed by atoms with Gasteiger partial charge in [0.15, 0.2) is 0 Å². The zero-order valence-electron chi connectivity index (χ0n) is 7.34. The van der Waals surface area contributed by atoms with E-state index in [0.29, 0.717) is 0 Å². The standard InChI is InChI=1S/C8H16N2O2/c1-6(11)8(12)10-7-2-4-9-5-3-7/h6-7,9,11H,2-5H2,1H3,(H,10,12). The fraction of sp³-hybridized carbons (Fsp3) is 0.875. The van der Waals surface area contributed by atoms with Crippen LogP contribution >= 0.6 is 0 Å². The van der Waals surface area contributed by atoms with E-state index in [-0.39, 0.29) is 11.9 Å². The lowest BCUT2D eigenvalue weighted by Gasteiger charge is -2.24. The number of piperidine rings is 1. The second kappa shape index (κ2) is 4.42. The predicted molar refractivity (Wildman–Crippen MR) is 45.7 cm³/mol. The summed E-state index contributed by atoms with van der Waals surface area (Å²) in [5.74, 6) is -0.262. The average Bonchev–Trinajstić information content (AvgIpc) is 2.06.